The number of carbonyl (C=O) groups excluding carboxylic acids is 2. The third-order valence-corrected chi connectivity index (χ3v) is 4.65. The van der Waals surface area contributed by atoms with E-state index in [0.29, 0.717) is 0 Å². The third-order valence-electron chi connectivity index (χ3n) is 4.65. The van der Waals surface area contributed by atoms with Crippen molar-refractivity contribution in [1.82, 2.24) is 15.5 Å². The number of hydrogen-bond donors (Lipinski definition) is 2. The van der Waals surface area contributed by atoms with Gasteiger partial charge in [-0.15, -0.1) is 0 Å². The molecule has 1 atom stereocenters. The van der Waals surface area contributed by atoms with E-state index in [1.165, 1.54) is 12.1 Å². The van der Waals surface area contributed by atoms with Gasteiger partial charge in [0, 0.05) is 6.04 Å². The fraction of sp³-hybridized carbons (Fsp3) is 0.364. The second-order valence-corrected chi connectivity index (χ2v) is 7.37. The summed E-state index contributed by atoms with van der Waals surface area (Å²) in [6.07, 6.45) is 2.02. The summed E-state index contributed by atoms with van der Waals surface area (Å²) in [5, 5.41) is 5.86. The number of hydrogen-bond acceptors (Lipinski definition) is 4. The van der Waals surface area contributed by atoms with Crippen LogP contribution in [0.3, 0.4) is 0 Å². The molecule has 2 aromatic carbocycles. The van der Waals surface area contributed by atoms with Gasteiger partial charge in [0.15, 0.2) is 0 Å². The number of nitrogens with one attached hydrogen (secondary N) is 2. The van der Waals surface area contributed by atoms with E-state index in [1.54, 1.807) is 24.1 Å². The summed E-state index contributed by atoms with van der Waals surface area (Å²) in [5.74, 6) is -0.297. The van der Waals surface area contributed by atoms with Gasteiger partial charge in [-0.3, -0.25) is 14.5 Å². The second-order valence-electron chi connectivity index (χ2n) is 7.37. The Kier molecular flexibility index (Phi) is 7.35. The predicted molar refractivity (Wildman–Crippen MR) is 108 cm³/mol. The van der Waals surface area contributed by atoms with Crippen LogP contribution in [0.25, 0.3) is 0 Å². The van der Waals surface area contributed by atoms with Crippen molar-refractivity contribution >= 4 is 11.8 Å². The number of halogens is 2. The fourth-order valence-electron chi connectivity index (χ4n) is 3.10. The smallest absolute Gasteiger partial charge is 0.387 e. The Hall–Kier alpha value is -3.00. The van der Waals surface area contributed by atoms with Crippen molar-refractivity contribution < 1.29 is 23.1 Å². The Morgan fingerprint density at radius 1 is 1.00 bits per heavy atom. The van der Waals surface area contributed by atoms with Gasteiger partial charge in [0.25, 0.3) is 0 Å². The summed E-state index contributed by atoms with van der Waals surface area (Å²) in [6.45, 7) is -2.71. The molecule has 0 saturated heterocycles. The third kappa shape index (κ3) is 6.81. The average molecular weight is 417 g/mol. The second kappa shape index (κ2) is 10.2. The Labute approximate surface area is 174 Å². The van der Waals surface area contributed by atoms with Crippen LogP contribution in [0.4, 0.5) is 8.78 Å². The quantitative estimate of drug-likeness (QED) is 0.624. The van der Waals surface area contributed by atoms with Crippen LogP contribution in [0.5, 0.6) is 5.75 Å². The first kappa shape index (κ1) is 21.7. The number of alkyl halides is 2. The van der Waals surface area contributed by atoms with Crippen LogP contribution in [-0.2, 0) is 9.59 Å². The van der Waals surface area contributed by atoms with E-state index < -0.39 is 12.7 Å². The van der Waals surface area contributed by atoms with Gasteiger partial charge in [0.05, 0.1) is 19.1 Å². The highest BCUT2D eigenvalue weighted by Gasteiger charge is 2.24. The minimum absolute atomic E-state index is 0.0493. The number of ether oxygens (including phenoxy) is 1. The zero-order valence-electron chi connectivity index (χ0n) is 16.7. The van der Waals surface area contributed by atoms with Crippen LogP contribution in [0.2, 0.25) is 0 Å². The number of rotatable bonds is 10. The van der Waals surface area contributed by atoms with Crippen LogP contribution in [0.15, 0.2) is 54.6 Å². The summed E-state index contributed by atoms with van der Waals surface area (Å²) in [7, 11) is 1.71. The Balaban J connectivity index is 1.65. The molecular weight excluding hydrogens is 392 g/mol. The van der Waals surface area contributed by atoms with Crippen LogP contribution >= 0.6 is 0 Å². The zero-order valence-corrected chi connectivity index (χ0v) is 16.7. The monoisotopic (exact) mass is 417 g/mol. The van der Waals surface area contributed by atoms with Gasteiger partial charge < -0.3 is 15.4 Å². The highest BCUT2D eigenvalue weighted by molar-refractivity contribution is 5.81. The first-order valence-electron chi connectivity index (χ1n) is 9.77. The first-order chi connectivity index (χ1) is 14.4. The van der Waals surface area contributed by atoms with Crippen molar-refractivity contribution in [2.45, 2.75) is 31.5 Å². The van der Waals surface area contributed by atoms with Crippen molar-refractivity contribution in [2.24, 2.45) is 0 Å². The zero-order chi connectivity index (χ0) is 21.5. The summed E-state index contributed by atoms with van der Waals surface area (Å²) in [6, 6.07) is 15.3. The topological polar surface area (TPSA) is 70.7 Å². The summed E-state index contributed by atoms with van der Waals surface area (Å²) >= 11 is 0. The Morgan fingerprint density at radius 3 is 2.20 bits per heavy atom. The molecular formula is C22H25F2N3O3. The number of nitrogens with zero attached hydrogens (tertiary/aromatic N) is 1. The predicted octanol–water partition coefficient (Wildman–Crippen LogP) is 2.70. The molecule has 6 nitrogen and oxygen atoms in total. The first-order valence-corrected chi connectivity index (χ1v) is 9.77. The summed E-state index contributed by atoms with van der Waals surface area (Å²) < 4.78 is 29.2. The highest BCUT2D eigenvalue weighted by atomic mass is 19.3. The lowest BCUT2D eigenvalue weighted by Crippen LogP contribution is -2.42. The van der Waals surface area contributed by atoms with E-state index in [1.807, 2.05) is 30.3 Å². The van der Waals surface area contributed by atoms with Crippen molar-refractivity contribution in [2.75, 3.05) is 20.1 Å². The van der Waals surface area contributed by atoms with E-state index in [0.717, 1.165) is 24.0 Å². The molecule has 1 saturated carbocycles. The van der Waals surface area contributed by atoms with Crippen molar-refractivity contribution in [3.8, 4) is 5.75 Å². The lowest BCUT2D eigenvalue weighted by molar-refractivity contribution is -0.124. The van der Waals surface area contributed by atoms with Crippen LogP contribution in [0, 0.1) is 0 Å². The molecule has 0 aromatic heterocycles. The number of benzene rings is 2. The molecule has 30 heavy (non-hydrogen) atoms. The van der Waals surface area contributed by atoms with Crippen molar-refractivity contribution in [3.05, 3.63) is 65.7 Å². The fourth-order valence-corrected chi connectivity index (χ4v) is 3.10. The van der Waals surface area contributed by atoms with Gasteiger partial charge in [-0.2, -0.15) is 8.78 Å². The molecule has 1 aliphatic rings. The van der Waals surface area contributed by atoms with Crippen LogP contribution in [0.1, 0.15) is 30.0 Å². The summed E-state index contributed by atoms with van der Waals surface area (Å²) in [5.41, 5.74) is 1.58. The standard InChI is InChI=1S/C22H25F2N3O3/c1-27(13-19(28)25-17-9-10-17)14-20(29)26-21(15-5-3-2-4-6-15)16-7-11-18(12-8-16)30-22(23)24/h2-8,11-12,17,21-22H,9-10,13-14H2,1H3,(H,25,28)(H,26,29)/t21-/m0/s1. The minimum Gasteiger partial charge on any atom is -0.435 e. The van der Waals surface area contributed by atoms with E-state index in [2.05, 4.69) is 15.4 Å². The maximum absolute atomic E-state index is 12.6. The molecule has 0 heterocycles. The molecule has 0 unspecified atom stereocenters. The average Bonchev–Trinajstić information content (AvgIpc) is 3.50. The van der Waals surface area contributed by atoms with Gasteiger partial charge in [0.1, 0.15) is 5.75 Å². The Morgan fingerprint density at radius 2 is 1.60 bits per heavy atom. The molecule has 2 amide bonds. The van der Waals surface area contributed by atoms with Gasteiger partial charge in [-0.05, 0) is 43.1 Å². The highest BCUT2D eigenvalue weighted by Crippen LogP contribution is 2.25. The molecule has 3 rings (SSSR count). The number of likely N-dealkylation sites (N-methyl/N-ethyl adjacent to an activating group) is 1. The van der Waals surface area contributed by atoms with Gasteiger partial charge in [-0.25, -0.2) is 0 Å². The summed E-state index contributed by atoms with van der Waals surface area (Å²) in [4.78, 5) is 26.2. The molecule has 0 radical (unpaired) electrons. The van der Waals surface area contributed by atoms with E-state index in [4.69, 9.17) is 0 Å². The molecule has 1 aliphatic carbocycles. The Bertz CT molecular complexity index is 842. The molecule has 0 bridgehead atoms. The molecule has 2 aromatic rings. The number of carbonyl (C=O) groups is 2. The maximum atomic E-state index is 12.6. The van der Waals surface area contributed by atoms with Crippen molar-refractivity contribution in [1.29, 1.82) is 0 Å². The molecule has 2 N–H and O–H groups in total. The molecule has 0 spiro atoms. The molecule has 0 aliphatic heterocycles. The lowest BCUT2D eigenvalue weighted by atomic mass is 9.98. The molecule has 160 valence electrons. The van der Waals surface area contributed by atoms with Gasteiger partial charge in [-0.1, -0.05) is 42.5 Å². The maximum Gasteiger partial charge on any atom is 0.387 e. The van der Waals surface area contributed by atoms with Crippen LogP contribution in [-0.4, -0.2) is 49.5 Å². The van der Waals surface area contributed by atoms with Gasteiger partial charge in [0.2, 0.25) is 11.8 Å². The van der Waals surface area contributed by atoms with E-state index in [-0.39, 0.29) is 36.7 Å². The lowest BCUT2D eigenvalue weighted by Gasteiger charge is -2.22. The SMILES string of the molecule is CN(CC(=O)NC1CC1)CC(=O)N[C@@H](c1ccccc1)c1ccc(OC(F)F)cc1. The number of amides is 2. The minimum atomic E-state index is -2.90. The van der Waals surface area contributed by atoms with E-state index >= 15 is 0 Å². The van der Waals surface area contributed by atoms with Crippen molar-refractivity contribution in [3.63, 3.8) is 0 Å². The van der Waals surface area contributed by atoms with Gasteiger partial charge >= 0.3 is 6.61 Å². The molecule has 1 fully saturated rings. The molecule has 8 heteroatoms. The normalized spacial score (nSPS) is 14.4. The van der Waals surface area contributed by atoms with Crippen LogP contribution < -0.4 is 15.4 Å². The van der Waals surface area contributed by atoms with E-state index in [9.17, 15) is 18.4 Å². The largest absolute Gasteiger partial charge is 0.435 e.